The Morgan fingerprint density at radius 1 is 1.17 bits per heavy atom. The maximum atomic E-state index is 12.5. The molecule has 0 aliphatic carbocycles. The molecule has 160 valence electrons. The number of likely N-dealkylation sites (N-methyl/N-ethyl adjacent to an activating group) is 2. The van der Waals surface area contributed by atoms with Crippen LogP contribution in [0.2, 0.25) is 0 Å². The number of carbonyl (C=O) groups is 3. The summed E-state index contributed by atoms with van der Waals surface area (Å²) in [6, 6.07) is 4.56. The molecule has 0 saturated heterocycles. The van der Waals surface area contributed by atoms with Crippen molar-refractivity contribution in [3.8, 4) is 0 Å². The van der Waals surface area contributed by atoms with Crippen LogP contribution in [0.1, 0.15) is 36.5 Å². The summed E-state index contributed by atoms with van der Waals surface area (Å²) in [4.78, 5) is 56.5. The standard InChI is InChI=1S/C21H26N4O5/c1-4-24(5-2)18(26)12-23(3)19(27)13-30-21(29)14-8-9-15-16(11-14)22-17-7-6-10-25(17)20(15)28/h8-9,11H,4-7,10,12-13H2,1-3H3. The summed E-state index contributed by atoms with van der Waals surface area (Å²) in [6.07, 6.45) is 1.60. The smallest absolute Gasteiger partial charge is 0.338 e. The minimum Gasteiger partial charge on any atom is -0.452 e. The van der Waals surface area contributed by atoms with Crippen molar-refractivity contribution in [3.63, 3.8) is 0 Å². The van der Waals surface area contributed by atoms with Crippen LogP contribution in [-0.4, -0.2) is 70.4 Å². The summed E-state index contributed by atoms with van der Waals surface area (Å²) in [5.41, 5.74) is 0.546. The third-order valence-electron chi connectivity index (χ3n) is 5.29. The number of carbonyl (C=O) groups excluding carboxylic acids is 3. The third-order valence-corrected chi connectivity index (χ3v) is 5.29. The number of fused-ring (bicyclic) bond motifs is 2. The highest BCUT2D eigenvalue weighted by Crippen LogP contribution is 2.16. The zero-order valence-electron chi connectivity index (χ0n) is 17.5. The fourth-order valence-corrected chi connectivity index (χ4v) is 3.50. The van der Waals surface area contributed by atoms with Crippen molar-refractivity contribution in [2.24, 2.45) is 0 Å². The van der Waals surface area contributed by atoms with Crippen LogP contribution in [-0.2, 0) is 27.3 Å². The number of benzene rings is 1. The van der Waals surface area contributed by atoms with E-state index in [-0.39, 0.29) is 23.6 Å². The van der Waals surface area contributed by atoms with E-state index in [1.165, 1.54) is 24.1 Å². The Morgan fingerprint density at radius 3 is 2.60 bits per heavy atom. The molecule has 2 aromatic rings. The molecule has 0 radical (unpaired) electrons. The molecular formula is C21H26N4O5. The summed E-state index contributed by atoms with van der Waals surface area (Å²) in [6.45, 7) is 4.97. The van der Waals surface area contributed by atoms with E-state index in [2.05, 4.69) is 4.98 Å². The molecular weight excluding hydrogens is 388 g/mol. The molecule has 2 heterocycles. The van der Waals surface area contributed by atoms with Crippen LogP contribution in [0.5, 0.6) is 0 Å². The Balaban J connectivity index is 1.64. The highest BCUT2D eigenvalue weighted by atomic mass is 16.5. The molecule has 0 fully saturated rings. The summed E-state index contributed by atoms with van der Waals surface area (Å²) in [5.74, 6) is -0.607. The first-order valence-corrected chi connectivity index (χ1v) is 10.1. The number of esters is 1. The van der Waals surface area contributed by atoms with E-state index in [1.807, 2.05) is 13.8 Å². The van der Waals surface area contributed by atoms with Crippen LogP contribution in [0.3, 0.4) is 0 Å². The predicted molar refractivity (Wildman–Crippen MR) is 110 cm³/mol. The monoisotopic (exact) mass is 414 g/mol. The van der Waals surface area contributed by atoms with E-state index in [0.29, 0.717) is 36.4 Å². The second kappa shape index (κ2) is 9.06. The second-order valence-electron chi connectivity index (χ2n) is 7.21. The number of ether oxygens (including phenoxy) is 1. The molecule has 0 spiro atoms. The van der Waals surface area contributed by atoms with Gasteiger partial charge in [-0.25, -0.2) is 9.78 Å². The average molecular weight is 414 g/mol. The van der Waals surface area contributed by atoms with Crippen LogP contribution in [0.4, 0.5) is 0 Å². The highest BCUT2D eigenvalue weighted by molar-refractivity contribution is 5.95. The molecule has 9 heteroatoms. The van der Waals surface area contributed by atoms with Crippen molar-refractivity contribution in [1.82, 2.24) is 19.4 Å². The molecule has 0 unspecified atom stereocenters. The van der Waals surface area contributed by atoms with Gasteiger partial charge in [0, 0.05) is 33.1 Å². The van der Waals surface area contributed by atoms with Gasteiger partial charge in [-0.2, -0.15) is 0 Å². The maximum Gasteiger partial charge on any atom is 0.338 e. The number of nitrogens with zero attached hydrogens (tertiary/aromatic N) is 4. The van der Waals surface area contributed by atoms with Crippen molar-refractivity contribution < 1.29 is 19.1 Å². The van der Waals surface area contributed by atoms with Gasteiger partial charge in [-0.1, -0.05) is 0 Å². The molecule has 3 rings (SSSR count). The first-order valence-electron chi connectivity index (χ1n) is 10.1. The Morgan fingerprint density at radius 2 is 1.90 bits per heavy atom. The van der Waals surface area contributed by atoms with E-state index in [4.69, 9.17) is 4.74 Å². The van der Waals surface area contributed by atoms with Gasteiger partial charge >= 0.3 is 5.97 Å². The fourth-order valence-electron chi connectivity index (χ4n) is 3.50. The Bertz CT molecular complexity index is 1040. The van der Waals surface area contributed by atoms with Gasteiger partial charge in [0.15, 0.2) is 6.61 Å². The zero-order chi connectivity index (χ0) is 21.8. The molecule has 1 aliphatic heterocycles. The van der Waals surface area contributed by atoms with Gasteiger partial charge in [0.2, 0.25) is 5.91 Å². The average Bonchev–Trinajstić information content (AvgIpc) is 3.21. The molecule has 1 aliphatic rings. The predicted octanol–water partition coefficient (Wildman–Crippen LogP) is 0.826. The van der Waals surface area contributed by atoms with Crippen LogP contribution in [0.25, 0.3) is 10.9 Å². The lowest BCUT2D eigenvalue weighted by Gasteiger charge is -2.23. The SMILES string of the molecule is CCN(CC)C(=O)CN(C)C(=O)COC(=O)c1ccc2c(=O)n3c(nc2c1)CCC3. The highest BCUT2D eigenvalue weighted by Gasteiger charge is 2.20. The molecule has 30 heavy (non-hydrogen) atoms. The van der Waals surface area contributed by atoms with Gasteiger partial charge in [0.25, 0.3) is 11.5 Å². The lowest BCUT2D eigenvalue weighted by atomic mass is 10.1. The first kappa shape index (κ1) is 21.5. The largest absolute Gasteiger partial charge is 0.452 e. The van der Waals surface area contributed by atoms with Crippen LogP contribution in [0, 0.1) is 0 Å². The summed E-state index contributed by atoms with van der Waals surface area (Å²) < 4.78 is 6.77. The van der Waals surface area contributed by atoms with Crippen molar-refractivity contribution in [2.45, 2.75) is 33.2 Å². The summed E-state index contributed by atoms with van der Waals surface area (Å²) in [7, 11) is 1.49. The van der Waals surface area contributed by atoms with Crippen LogP contribution >= 0.6 is 0 Å². The van der Waals surface area contributed by atoms with Crippen molar-refractivity contribution >= 4 is 28.7 Å². The number of hydrogen-bond acceptors (Lipinski definition) is 6. The van der Waals surface area contributed by atoms with Crippen molar-refractivity contribution in [1.29, 1.82) is 0 Å². The zero-order valence-corrected chi connectivity index (χ0v) is 17.5. The lowest BCUT2D eigenvalue weighted by Crippen LogP contribution is -2.42. The van der Waals surface area contributed by atoms with Gasteiger partial charge in [-0.3, -0.25) is 19.0 Å². The molecule has 1 aromatic heterocycles. The topological polar surface area (TPSA) is 102 Å². The normalized spacial score (nSPS) is 12.5. The van der Waals surface area contributed by atoms with Crippen molar-refractivity contribution in [2.75, 3.05) is 33.3 Å². The number of amides is 2. The van der Waals surface area contributed by atoms with Crippen molar-refractivity contribution in [3.05, 3.63) is 39.9 Å². The van der Waals surface area contributed by atoms with E-state index in [0.717, 1.165) is 12.8 Å². The van der Waals surface area contributed by atoms with Gasteiger partial charge in [-0.05, 0) is 38.5 Å². The molecule has 0 atom stereocenters. The maximum absolute atomic E-state index is 12.5. The van der Waals surface area contributed by atoms with Gasteiger partial charge in [0.1, 0.15) is 5.82 Å². The number of aromatic nitrogens is 2. The molecule has 2 amide bonds. The van der Waals surface area contributed by atoms with Crippen LogP contribution in [0.15, 0.2) is 23.0 Å². The summed E-state index contributed by atoms with van der Waals surface area (Å²) >= 11 is 0. The Labute approximate surface area is 174 Å². The Hall–Kier alpha value is -3.23. The lowest BCUT2D eigenvalue weighted by molar-refractivity contribution is -0.140. The fraction of sp³-hybridized carbons (Fsp3) is 0.476. The minimum atomic E-state index is -0.684. The molecule has 9 nitrogen and oxygen atoms in total. The Kier molecular flexibility index (Phi) is 6.49. The van der Waals surface area contributed by atoms with Crippen LogP contribution < -0.4 is 5.56 Å². The first-order chi connectivity index (χ1) is 14.3. The molecule has 1 aromatic carbocycles. The number of hydrogen-bond donors (Lipinski definition) is 0. The van der Waals surface area contributed by atoms with E-state index < -0.39 is 18.5 Å². The van der Waals surface area contributed by atoms with Gasteiger partial charge < -0.3 is 14.5 Å². The molecule has 0 N–H and O–H groups in total. The minimum absolute atomic E-state index is 0.0764. The third kappa shape index (κ3) is 4.34. The summed E-state index contributed by atoms with van der Waals surface area (Å²) in [5, 5.41) is 0.447. The van der Waals surface area contributed by atoms with E-state index in [1.54, 1.807) is 15.5 Å². The van der Waals surface area contributed by atoms with E-state index in [9.17, 15) is 19.2 Å². The van der Waals surface area contributed by atoms with Gasteiger partial charge in [0.05, 0.1) is 23.0 Å². The number of rotatable bonds is 7. The van der Waals surface area contributed by atoms with Gasteiger partial charge in [-0.15, -0.1) is 0 Å². The quantitative estimate of drug-likeness (QED) is 0.622. The molecule has 0 bridgehead atoms. The molecule has 0 saturated carbocycles. The second-order valence-corrected chi connectivity index (χ2v) is 7.21. The number of aryl methyl sites for hydroxylation is 1. The van der Waals surface area contributed by atoms with E-state index >= 15 is 0 Å².